The van der Waals surface area contributed by atoms with Gasteiger partial charge in [0.2, 0.25) is 0 Å². The van der Waals surface area contributed by atoms with Gasteiger partial charge in [-0.2, -0.15) is 0 Å². The second-order valence-electron chi connectivity index (χ2n) is 5.12. The molecule has 1 aromatic carbocycles. The fourth-order valence-electron chi connectivity index (χ4n) is 2.57. The molecule has 0 saturated carbocycles. The maximum absolute atomic E-state index is 14.1. The number of hydrogen-bond acceptors (Lipinski definition) is 5. The Kier molecular flexibility index (Phi) is 3.44. The van der Waals surface area contributed by atoms with Crippen LogP contribution in [0.15, 0.2) is 27.6 Å². The number of rotatable bonds is 3. The highest BCUT2D eigenvalue weighted by atomic mass is 19.1. The van der Waals surface area contributed by atoms with E-state index >= 15 is 0 Å². The molecule has 0 spiro atoms. The number of benzene rings is 1. The molecule has 0 aliphatic heterocycles. The van der Waals surface area contributed by atoms with Crippen LogP contribution in [0.1, 0.15) is 27.4 Å². The van der Waals surface area contributed by atoms with Crippen molar-refractivity contribution >= 4 is 16.7 Å². The summed E-state index contributed by atoms with van der Waals surface area (Å²) in [6.45, 7) is 3.09. The minimum Gasteiger partial charge on any atom is -0.478 e. The first kappa shape index (κ1) is 14.9. The second kappa shape index (κ2) is 5.31. The summed E-state index contributed by atoms with van der Waals surface area (Å²) < 4.78 is 19.9. The SMILES string of the molecule is Cc1nonc1Cn1c(C)c(C(=O)O)c2cccc(F)c2c1=O. The molecule has 23 heavy (non-hydrogen) atoms. The predicted molar refractivity (Wildman–Crippen MR) is 78.0 cm³/mol. The molecule has 3 aromatic rings. The first-order valence-electron chi connectivity index (χ1n) is 6.74. The van der Waals surface area contributed by atoms with E-state index in [1.54, 1.807) is 6.92 Å². The summed E-state index contributed by atoms with van der Waals surface area (Å²) in [6, 6.07) is 3.92. The number of hydrogen-bond donors (Lipinski definition) is 1. The number of pyridine rings is 1. The summed E-state index contributed by atoms with van der Waals surface area (Å²) in [5, 5.41) is 16.6. The number of aromatic nitrogens is 3. The van der Waals surface area contributed by atoms with Gasteiger partial charge in [0.05, 0.1) is 17.5 Å². The van der Waals surface area contributed by atoms with Gasteiger partial charge in [-0.15, -0.1) is 0 Å². The number of aryl methyl sites for hydroxylation is 1. The standard InChI is InChI=1S/C15H12FN3O4/c1-7-11(18-23-17-7)6-19-8(2)12(15(21)22)9-4-3-5-10(16)13(9)14(19)20/h3-5H,6H2,1-2H3,(H,21,22). The molecular formula is C15H12FN3O4. The summed E-state index contributed by atoms with van der Waals surface area (Å²) in [7, 11) is 0. The fraction of sp³-hybridized carbons (Fsp3) is 0.200. The molecule has 0 fully saturated rings. The number of carboxylic acids is 1. The molecule has 0 aliphatic carbocycles. The Balaban J connectivity index is 2.38. The minimum absolute atomic E-state index is 0.0510. The quantitative estimate of drug-likeness (QED) is 0.792. The van der Waals surface area contributed by atoms with Gasteiger partial charge in [0.1, 0.15) is 17.2 Å². The average Bonchev–Trinajstić information content (AvgIpc) is 2.88. The number of nitrogens with zero attached hydrogens (tertiary/aromatic N) is 3. The lowest BCUT2D eigenvalue weighted by molar-refractivity contribution is 0.0697. The number of carboxylic acid groups (broad SMARTS) is 1. The molecule has 1 N–H and O–H groups in total. The Morgan fingerprint density at radius 3 is 2.70 bits per heavy atom. The Morgan fingerprint density at radius 2 is 2.09 bits per heavy atom. The number of aromatic carboxylic acids is 1. The molecule has 2 heterocycles. The Labute approximate surface area is 128 Å². The van der Waals surface area contributed by atoms with Gasteiger partial charge in [0.25, 0.3) is 5.56 Å². The maximum Gasteiger partial charge on any atom is 0.338 e. The monoisotopic (exact) mass is 317 g/mol. The van der Waals surface area contributed by atoms with Gasteiger partial charge < -0.3 is 9.67 Å². The Bertz CT molecular complexity index is 990. The van der Waals surface area contributed by atoms with Crippen molar-refractivity contribution in [1.29, 1.82) is 0 Å². The van der Waals surface area contributed by atoms with E-state index in [1.165, 1.54) is 23.6 Å². The highest BCUT2D eigenvalue weighted by Crippen LogP contribution is 2.22. The van der Waals surface area contributed by atoms with Gasteiger partial charge in [-0.3, -0.25) is 4.79 Å². The highest BCUT2D eigenvalue weighted by molar-refractivity contribution is 6.04. The molecule has 0 radical (unpaired) electrons. The average molecular weight is 317 g/mol. The summed E-state index contributed by atoms with van der Waals surface area (Å²) in [5.41, 5.74) is 0.322. The molecule has 0 amide bonds. The van der Waals surface area contributed by atoms with Crippen molar-refractivity contribution in [2.75, 3.05) is 0 Å². The van der Waals surface area contributed by atoms with Crippen molar-refractivity contribution in [1.82, 2.24) is 14.9 Å². The van der Waals surface area contributed by atoms with Crippen LogP contribution < -0.4 is 5.56 Å². The van der Waals surface area contributed by atoms with E-state index in [0.717, 1.165) is 6.07 Å². The molecule has 7 nitrogen and oxygen atoms in total. The van der Waals surface area contributed by atoms with Gasteiger partial charge in [-0.05, 0) is 19.9 Å². The van der Waals surface area contributed by atoms with E-state index in [0.29, 0.717) is 11.4 Å². The molecule has 2 aromatic heterocycles. The van der Waals surface area contributed by atoms with E-state index in [-0.39, 0.29) is 28.6 Å². The van der Waals surface area contributed by atoms with Crippen molar-refractivity contribution in [3.63, 3.8) is 0 Å². The zero-order chi connectivity index (χ0) is 16.7. The molecule has 118 valence electrons. The third-order valence-corrected chi connectivity index (χ3v) is 3.78. The highest BCUT2D eigenvalue weighted by Gasteiger charge is 2.21. The molecule has 0 atom stereocenters. The number of fused-ring (bicyclic) bond motifs is 1. The normalized spacial score (nSPS) is 11.1. The Hall–Kier alpha value is -3.03. The number of carbonyl (C=O) groups is 1. The molecular weight excluding hydrogens is 305 g/mol. The van der Waals surface area contributed by atoms with E-state index < -0.39 is 17.3 Å². The van der Waals surface area contributed by atoms with E-state index in [9.17, 15) is 19.1 Å². The summed E-state index contributed by atoms with van der Waals surface area (Å²) in [5.74, 6) is -2.00. The smallest absolute Gasteiger partial charge is 0.338 e. The molecule has 8 heteroatoms. The lowest BCUT2D eigenvalue weighted by Gasteiger charge is -2.14. The molecule has 0 aliphatic rings. The first-order chi connectivity index (χ1) is 10.9. The van der Waals surface area contributed by atoms with Crippen molar-refractivity contribution in [2.24, 2.45) is 0 Å². The molecule has 0 unspecified atom stereocenters. The largest absolute Gasteiger partial charge is 0.478 e. The molecule has 0 bridgehead atoms. The van der Waals surface area contributed by atoms with Gasteiger partial charge in [0, 0.05) is 11.1 Å². The second-order valence-corrected chi connectivity index (χ2v) is 5.12. The first-order valence-corrected chi connectivity index (χ1v) is 6.74. The van der Waals surface area contributed by atoms with Crippen LogP contribution in [0.4, 0.5) is 4.39 Å². The topological polar surface area (TPSA) is 98.2 Å². The van der Waals surface area contributed by atoms with Crippen molar-refractivity contribution < 1.29 is 18.9 Å². The zero-order valence-corrected chi connectivity index (χ0v) is 12.3. The third kappa shape index (κ3) is 2.28. The zero-order valence-electron chi connectivity index (χ0n) is 12.3. The lowest BCUT2D eigenvalue weighted by Crippen LogP contribution is -2.27. The number of halogens is 1. The maximum atomic E-state index is 14.1. The Morgan fingerprint density at radius 1 is 1.35 bits per heavy atom. The summed E-state index contributed by atoms with van der Waals surface area (Å²) in [4.78, 5) is 24.2. The van der Waals surface area contributed by atoms with Gasteiger partial charge in [-0.25, -0.2) is 13.8 Å². The molecule has 3 rings (SSSR count). The van der Waals surface area contributed by atoms with Crippen LogP contribution in [0.25, 0.3) is 10.8 Å². The van der Waals surface area contributed by atoms with Crippen LogP contribution in [0.3, 0.4) is 0 Å². The van der Waals surface area contributed by atoms with Crippen LogP contribution in [-0.4, -0.2) is 26.0 Å². The van der Waals surface area contributed by atoms with Crippen LogP contribution >= 0.6 is 0 Å². The van der Waals surface area contributed by atoms with Crippen molar-refractivity contribution in [3.05, 3.63) is 57.0 Å². The van der Waals surface area contributed by atoms with Gasteiger partial charge in [0.15, 0.2) is 0 Å². The van der Waals surface area contributed by atoms with Crippen molar-refractivity contribution in [2.45, 2.75) is 20.4 Å². The van der Waals surface area contributed by atoms with Crippen LogP contribution in [0.2, 0.25) is 0 Å². The fourth-order valence-corrected chi connectivity index (χ4v) is 2.57. The molecule has 0 saturated heterocycles. The van der Waals surface area contributed by atoms with Crippen molar-refractivity contribution in [3.8, 4) is 0 Å². The van der Waals surface area contributed by atoms with E-state index in [2.05, 4.69) is 14.9 Å². The van der Waals surface area contributed by atoms with Gasteiger partial charge >= 0.3 is 5.97 Å². The van der Waals surface area contributed by atoms with E-state index in [4.69, 9.17) is 0 Å². The predicted octanol–water partition coefficient (Wildman–Crippen LogP) is 1.89. The van der Waals surface area contributed by atoms with Crippen LogP contribution in [0, 0.1) is 19.7 Å². The summed E-state index contributed by atoms with van der Waals surface area (Å²) in [6.07, 6.45) is 0. The minimum atomic E-state index is -1.23. The third-order valence-electron chi connectivity index (χ3n) is 3.78. The van der Waals surface area contributed by atoms with Crippen LogP contribution in [0.5, 0.6) is 0 Å². The summed E-state index contributed by atoms with van der Waals surface area (Å²) >= 11 is 0. The lowest BCUT2D eigenvalue weighted by atomic mass is 10.0. The van der Waals surface area contributed by atoms with Crippen LogP contribution in [-0.2, 0) is 6.54 Å². The van der Waals surface area contributed by atoms with E-state index in [1.807, 2.05) is 0 Å². The van der Waals surface area contributed by atoms with Gasteiger partial charge in [-0.1, -0.05) is 22.4 Å².